The number of hydrogen-bond donors (Lipinski definition) is 0. The van der Waals surface area contributed by atoms with Crippen LogP contribution in [0.1, 0.15) is 11.1 Å². The third-order valence-electron chi connectivity index (χ3n) is 3.83. The largest absolute Gasteiger partial charge is 0.464 e. The van der Waals surface area contributed by atoms with Gasteiger partial charge in [0.25, 0.3) is 5.56 Å². The summed E-state index contributed by atoms with van der Waals surface area (Å²) in [4.78, 5) is 18.0. The van der Waals surface area contributed by atoms with Gasteiger partial charge in [-0.2, -0.15) is 5.26 Å². The number of hydrogen-bond acceptors (Lipinski definition) is 5. The van der Waals surface area contributed by atoms with Gasteiger partial charge in [0.05, 0.1) is 36.2 Å². The Morgan fingerprint density at radius 2 is 2.12 bits per heavy atom. The summed E-state index contributed by atoms with van der Waals surface area (Å²) < 4.78 is 6.95. The zero-order valence-corrected chi connectivity index (χ0v) is 13.3. The average molecular weight is 333 g/mol. The van der Waals surface area contributed by atoms with E-state index in [4.69, 9.17) is 4.42 Å². The highest BCUT2D eigenvalue weighted by molar-refractivity contribution is 7.17. The first-order chi connectivity index (χ1) is 11.8. The van der Waals surface area contributed by atoms with Crippen LogP contribution in [0, 0.1) is 11.3 Å². The lowest BCUT2D eigenvalue weighted by molar-refractivity contribution is 0.583. The molecule has 0 amide bonds. The lowest BCUT2D eigenvalue weighted by Crippen LogP contribution is -2.21. The molecular formula is C18H11N3O2S. The number of furan rings is 1. The van der Waals surface area contributed by atoms with Crippen LogP contribution in [-0.4, -0.2) is 9.55 Å². The first-order valence-corrected chi connectivity index (χ1v) is 8.14. The van der Waals surface area contributed by atoms with E-state index >= 15 is 0 Å². The van der Waals surface area contributed by atoms with Crippen molar-refractivity contribution >= 4 is 21.6 Å². The molecule has 3 heterocycles. The van der Waals surface area contributed by atoms with Gasteiger partial charge in [-0.15, -0.1) is 11.3 Å². The lowest BCUT2D eigenvalue weighted by Gasteiger charge is -2.07. The van der Waals surface area contributed by atoms with Crippen molar-refractivity contribution in [2.45, 2.75) is 6.54 Å². The van der Waals surface area contributed by atoms with Crippen LogP contribution < -0.4 is 5.56 Å². The Bertz CT molecular complexity index is 1120. The molecule has 0 unspecified atom stereocenters. The number of thiophene rings is 1. The van der Waals surface area contributed by atoms with Crippen LogP contribution in [0.15, 0.2) is 63.6 Å². The Kier molecular flexibility index (Phi) is 3.48. The molecule has 1 aromatic carbocycles. The average Bonchev–Trinajstić information content (AvgIpc) is 3.27. The Morgan fingerprint density at radius 1 is 1.25 bits per heavy atom. The maximum atomic E-state index is 12.9. The summed E-state index contributed by atoms with van der Waals surface area (Å²) in [6, 6.07) is 13.0. The normalized spacial score (nSPS) is 10.8. The van der Waals surface area contributed by atoms with Gasteiger partial charge in [-0.05, 0) is 23.8 Å². The maximum Gasteiger partial charge on any atom is 0.263 e. The SMILES string of the molecule is N#Cc1ccccc1Cn1cnc2scc(-c3ccco3)c2c1=O. The van der Waals surface area contributed by atoms with Gasteiger partial charge < -0.3 is 4.42 Å². The van der Waals surface area contributed by atoms with Crippen molar-refractivity contribution in [2.75, 3.05) is 0 Å². The van der Waals surface area contributed by atoms with Crippen LogP contribution in [0.25, 0.3) is 21.5 Å². The van der Waals surface area contributed by atoms with E-state index in [-0.39, 0.29) is 5.56 Å². The Balaban J connectivity index is 1.86. The molecule has 3 aromatic heterocycles. The van der Waals surface area contributed by atoms with E-state index in [0.717, 1.165) is 11.1 Å². The molecule has 0 saturated carbocycles. The second kappa shape index (κ2) is 5.80. The molecule has 4 rings (SSSR count). The topological polar surface area (TPSA) is 71.8 Å². The molecule has 6 heteroatoms. The first-order valence-electron chi connectivity index (χ1n) is 7.26. The summed E-state index contributed by atoms with van der Waals surface area (Å²) in [5.41, 5.74) is 1.96. The number of fused-ring (bicyclic) bond motifs is 1. The fraction of sp³-hybridized carbons (Fsp3) is 0.0556. The minimum atomic E-state index is -0.139. The number of nitriles is 1. The molecular weight excluding hydrogens is 322 g/mol. The third kappa shape index (κ3) is 2.32. The molecule has 0 N–H and O–H groups in total. The van der Waals surface area contributed by atoms with Crippen LogP contribution in [-0.2, 0) is 6.54 Å². The Labute approximate surface area is 141 Å². The lowest BCUT2D eigenvalue weighted by atomic mass is 10.1. The van der Waals surface area contributed by atoms with Crippen molar-refractivity contribution in [3.05, 3.63) is 75.8 Å². The van der Waals surface area contributed by atoms with Crippen LogP contribution in [0.3, 0.4) is 0 Å². The van der Waals surface area contributed by atoms with E-state index in [1.165, 1.54) is 22.2 Å². The number of nitrogens with zero attached hydrogens (tertiary/aromatic N) is 3. The first kappa shape index (κ1) is 14.4. The molecule has 5 nitrogen and oxygen atoms in total. The molecule has 0 aliphatic carbocycles. The van der Waals surface area contributed by atoms with Gasteiger partial charge in [0.15, 0.2) is 0 Å². The van der Waals surface area contributed by atoms with Crippen molar-refractivity contribution in [2.24, 2.45) is 0 Å². The van der Waals surface area contributed by atoms with Crippen molar-refractivity contribution in [1.29, 1.82) is 5.26 Å². The molecule has 24 heavy (non-hydrogen) atoms. The van der Waals surface area contributed by atoms with Gasteiger partial charge in [0, 0.05) is 10.9 Å². The van der Waals surface area contributed by atoms with E-state index in [0.29, 0.717) is 28.1 Å². The van der Waals surface area contributed by atoms with Crippen LogP contribution in [0.4, 0.5) is 0 Å². The highest BCUT2D eigenvalue weighted by Gasteiger charge is 2.15. The smallest absolute Gasteiger partial charge is 0.263 e. The van der Waals surface area contributed by atoms with Crippen molar-refractivity contribution in [1.82, 2.24) is 9.55 Å². The summed E-state index contributed by atoms with van der Waals surface area (Å²) >= 11 is 1.41. The highest BCUT2D eigenvalue weighted by Crippen LogP contribution is 2.30. The number of aromatic nitrogens is 2. The fourth-order valence-electron chi connectivity index (χ4n) is 2.64. The van der Waals surface area contributed by atoms with Gasteiger partial charge in [0.2, 0.25) is 0 Å². The summed E-state index contributed by atoms with van der Waals surface area (Å²) in [5.74, 6) is 0.648. The van der Waals surface area contributed by atoms with E-state index in [1.54, 1.807) is 24.5 Å². The molecule has 0 aliphatic heterocycles. The van der Waals surface area contributed by atoms with E-state index < -0.39 is 0 Å². The quantitative estimate of drug-likeness (QED) is 0.574. The summed E-state index contributed by atoms with van der Waals surface area (Å²) in [7, 11) is 0. The minimum absolute atomic E-state index is 0.139. The number of benzene rings is 1. The maximum absolute atomic E-state index is 12.9. The zero-order chi connectivity index (χ0) is 16.5. The second-order valence-corrected chi connectivity index (χ2v) is 6.11. The van der Waals surface area contributed by atoms with Crippen LogP contribution in [0.2, 0.25) is 0 Å². The van der Waals surface area contributed by atoms with E-state index in [9.17, 15) is 10.1 Å². The van der Waals surface area contributed by atoms with Gasteiger partial charge in [-0.25, -0.2) is 4.98 Å². The Morgan fingerprint density at radius 3 is 2.92 bits per heavy atom. The van der Waals surface area contributed by atoms with Gasteiger partial charge in [0.1, 0.15) is 10.6 Å². The second-order valence-electron chi connectivity index (χ2n) is 5.25. The van der Waals surface area contributed by atoms with Crippen LogP contribution >= 0.6 is 11.3 Å². The van der Waals surface area contributed by atoms with Crippen LogP contribution in [0.5, 0.6) is 0 Å². The monoisotopic (exact) mass is 333 g/mol. The molecule has 0 spiro atoms. The standard InChI is InChI=1S/C18H11N3O2S/c19-8-12-4-1-2-5-13(12)9-21-11-20-17-16(18(21)22)14(10-24-17)15-6-3-7-23-15/h1-7,10-11H,9H2. The third-order valence-corrected chi connectivity index (χ3v) is 4.71. The molecule has 0 saturated heterocycles. The molecule has 0 radical (unpaired) electrons. The summed E-state index contributed by atoms with van der Waals surface area (Å²) in [5, 5.41) is 11.6. The van der Waals surface area contributed by atoms with Crippen molar-refractivity contribution in [3.63, 3.8) is 0 Å². The molecule has 0 fully saturated rings. The number of rotatable bonds is 3. The molecule has 0 bridgehead atoms. The van der Waals surface area contributed by atoms with Crippen molar-refractivity contribution < 1.29 is 4.42 Å². The van der Waals surface area contributed by atoms with E-state index in [2.05, 4.69) is 11.1 Å². The predicted molar refractivity (Wildman–Crippen MR) is 91.8 cm³/mol. The predicted octanol–water partition coefficient (Wildman–Crippen LogP) is 3.64. The van der Waals surface area contributed by atoms with Gasteiger partial charge in [-0.1, -0.05) is 18.2 Å². The highest BCUT2D eigenvalue weighted by atomic mass is 32.1. The molecule has 116 valence electrons. The van der Waals surface area contributed by atoms with E-state index in [1.807, 2.05) is 23.6 Å². The fourth-order valence-corrected chi connectivity index (χ4v) is 3.53. The molecule has 4 aromatic rings. The van der Waals surface area contributed by atoms with Crippen molar-refractivity contribution in [3.8, 4) is 17.4 Å². The molecule has 0 aliphatic rings. The Hall–Kier alpha value is -3.17. The molecule has 0 atom stereocenters. The summed E-state index contributed by atoms with van der Waals surface area (Å²) in [6.07, 6.45) is 3.11. The van der Waals surface area contributed by atoms with Gasteiger partial charge in [-0.3, -0.25) is 9.36 Å². The minimum Gasteiger partial charge on any atom is -0.464 e. The zero-order valence-electron chi connectivity index (χ0n) is 12.5. The van der Waals surface area contributed by atoms with Gasteiger partial charge >= 0.3 is 0 Å². The summed E-state index contributed by atoms with van der Waals surface area (Å²) in [6.45, 7) is 0.305.